The molecular weight excluding hydrogens is 384 g/mol. The molecule has 0 radical (unpaired) electrons. The van der Waals surface area contributed by atoms with Crippen molar-refractivity contribution in [1.29, 1.82) is 0 Å². The summed E-state index contributed by atoms with van der Waals surface area (Å²) in [5.41, 5.74) is 0.154. The predicted molar refractivity (Wildman–Crippen MR) is 98.3 cm³/mol. The number of rotatable bonds is 7. The van der Waals surface area contributed by atoms with Gasteiger partial charge in [0.2, 0.25) is 12.4 Å². The summed E-state index contributed by atoms with van der Waals surface area (Å²) < 4.78 is 16.5. The number of aliphatic carboxylic acids is 1. The van der Waals surface area contributed by atoms with E-state index in [2.05, 4.69) is 0 Å². The SMILES string of the molecule is O=C(O)C(Oc1ccccc1)c1ccccc1O[C@H]1O[C@H](CO)[C@@H](O)[C@H](O)[C@@H]1O. The lowest BCUT2D eigenvalue weighted by Crippen LogP contribution is -2.60. The minimum Gasteiger partial charge on any atom is -0.478 e. The van der Waals surface area contributed by atoms with Crippen molar-refractivity contribution >= 4 is 5.97 Å². The molecule has 1 unspecified atom stereocenters. The molecule has 9 nitrogen and oxygen atoms in total. The van der Waals surface area contributed by atoms with Crippen molar-refractivity contribution in [3.05, 3.63) is 60.2 Å². The van der Waals surface area contributed by atoms with Gasteiger partial charge in [0.25, 0.3) is 0 Å². The van der Waals surface area contributed by atoms with Gasteiger partial charge in [0.05, 0.1) is 6.61 Å². The molecule has 9 heteroatoms. The van der Waals surface area contributed by atoms with E-state index in [9.17, 15) is 30.3 Å². The molecule has 0 aromatic heterocycles. The Morgan fingerprint density at radius 3 is 2.28 bits per heavy atom. The molecule has 1 fully saturated rings. The van der Waals surface area contributed by atoms with Crippen LogP contribution in [-0.2, 0) is 9.53 Å². The molecule has 29 heavy (non-hydrogen) atoms. The Bertz CT molecular complexity index is 811. The van der Waals surface area contributed by atoms with Crippen molar-refractivity contribution in [2.75, 3.05) is 6.61 Å². The van der Waals surface area contributed by atoms with E-state index in [0.29, 0.717) is 5.75 Å². The highest BCUT2D eigenvalue weighted by atomic mass is 16.7. The Balaban J connectivity index is 1.86. The van der Waals surface area contributed by atoms with Crippen molar-refractivity contribution in [2.45, 2.75) is 36.8 Å². The highest BCUT2D eigenvalue weighted by Gasteiger charge is 2.45. The number of ether oxygens (including phenoxy) is 3. The van der Waals surface area contributed by atoms with Gasteiger partial charge >= 0.3 is 5.97 Å². The lowest BCUT2D eigenvalue weighted by Gasteiger charge is -2.39. The standard InChI is InChI=1S/C20H22O9/c21-10-14-15(22)16(23)17(24)20(29-14)28-13-9-5-4-8-12(13)18(19(25)26)27-11-6-2-1-3-7-11/h1-9,14-18,20-24H,10H2,(H,25,26)/t14-,15-,16+,17+,18?,20+/m1/s1. The summed E-state index contributed by atoms with van der Waals surface area (Å²) in [6, 6.07) is 14.5. The molecule has 0 bridgehead atoms. The predicted octanol–water partition coefficient (Wildman–Crippen LogP) is 0.0700. The van der Waals surface area contributed by atoms with Crippen LogP contribution in [0.5, 0.6) is 11.5 Å². The highest BCUT2D eigenvalue weighted by molar-refractivity contribution is 5.76. The number of hydrogen-bond donors (Lipinski definition) is 5. The molecule has 0 aliphatic carbocycles. The summed E-state index contributed by atoms with van der Waals surface area (Å²) in [6.07, 6.45) is -8.79. The van der Waals surface area contributed by atoms with Crippen LogP contribution in [0.3, 0.4) is 0 Å². The van der Waals surface area contributed by atoms with Crippen LogP contribution in [0.15, 0.2) is 54.6 Å². The monoisotopic (exact) mass is 406 g/mol. The first-order chi connectivity index (χ1) is 13.9. The second-order valence-electron chi connectivity index (χ2n) is 6.50. The zero-order valence-corrected chi connectivity index (χ0v) is 15.2. The van der Waals surface area contributed by atoms with Gasteiger partial charge in [-0.2, -0.15) is 0 Å². The van der Waals surface area contributed by atoms with Crippen LogP contribution < -0.4 is 9.47 Å². The fraction of sp³-hybridized carbons (Fsp3) is 0.350. The van der Waals surface area contributed by atoms with E-state index >= 15 is 0 Å². The molecule has 0 saturated carbocycles. The molecule has 2 aromatic rings. The number of aliphatic hydroxyl groups is 4. The summed E-state index contributed by atoms with van der Waals surface area (Å²) in [6.45, 7) is -0.610. The maximum absolute atomic E-state index is 11.8. The molecule has 6 atom stereocenters. The smallest absolute Gasteiger partial charge is 0.349 e. The molecule has 1 aliphatic heterocycles. The number of benzene rings is 2. The Labute approximate surface area is 166 Å². The first kappa shape index (κ1) is 21.0. The first-order valence-electron chi connectivity index (χ1n) is 8.93. The topological polar surface area (TPSA) is 146 Å². The molecule has 1 aliphatic rings. The Hall–Kier alpha value is -2.69. The van der Waals surface area contributed by atoms with Gasteiger partial charge in [-0.05, 0) is 18.2 Å². The molecule has 3 rings (SSSR count). The maximum atomic E-state index is 11.8. The molecule has 0 spiro atoms. The summed E-state index contributed by atoms with van der Waals surface area (Å²) in [4.78, 5) is 11.8. The number of aliphatic hydroxyl groups excluding tert-OH is 4. The van der Waals surface area contributed by atoms with Gasteiger partial charge in [-0.15, -0.1) is 0 Å². The zero-order chi connectivity index (χ0) is 21.0. The molecule has 2 aromatic carbocycles. The summed E-state index contributed by atoms with van der Waals surface area (Å²) in [7, 11) is 0. The van der Waals surface area contributed by atoms with Crippen molar-refractivity contribution in [2.24, 2.45) is 0 Å². The first-order valence-corrected chi connectivity index (χ1v) is 8.93. The molecule has 1 heterocycles. The van der Waals surface area contributed by atoms with E-state index in [1.54, 1.807) is 42.5 Å². The number of carboxylic acid groups (broad SMARTS) is 1. The maximum Gasteiger partial charge on any atom is 0.349 e. The number of para-hydroxylation sites is 2. The minimum atomic E-state index is -1.63. The second-order valence-corrected chi connectivity index (χ2v) is 6.50. The third kappa shape index (κ3) is 4.66. The van der Waals surface area contributed by atoms with Gasteiger partial charge < -0.3 is 39.7 Å². The minimum absolute atomic E-state index is 0.0418. The van der Waals surface area contributed by atoms with Crippen LogP contribution in [0, 0.1) is 0 Å². The van der Waals surface area contributed by atoms with Crippen LogP contribution >= 0.6 is 0 Å². The van der Waals surface area contributed by atoms with Gasteiger partial charge in [-0.25, -0.2) is 4.79 Å². The van der Waals surface area contributed by atoms with Gasteiger partial charge in [0.1, 0.15) is 35.9 Å². The Kier molecular flexibility index (Phi) is 6.68. The number of hydrogen-bond acceptors (Lipinski definition) is 8. The van der Waals surface area contributed by atoms with Gasteiger partial charge in [0.15, 0.2) is 0 Å². The van der Waals surface area contributed by atoms with Gasteiger partial charge in [-0.3, -0.25) is 0 Å². The van der Waals surface area contributed by atoms with Crippen molar-refractivity contribution in [3.63, 3.8) is 0 Å². The quantitative estimate of drug-likeness (QED) is 0.431. The largest absolute Gasteiger partial charge is 0.478 e. The van der Waals surface area contributed by atoms with Gasteiger partial charge in [0, 0.05) is 5.56 Å². The summed E-state index contributed by atoms with van der Waals surface area (Å²) in [5, 5.41) is 48.9. The van der Waals surface area contributed by atoms with E-state index in [1.807, 2.05) is 0 Å². The van der Waals surface area contributed by atoms with E-state index in [0.717, 1.165) is 0 Å². The highest BCUT2D eigenvalue weighted by Crippen LogP contribution is 2.32. The third-order valence-corrected chi connectivity index (χ3v) is 4.51. The Morgan fingerprint density at radius 1 is 0.966 bits per heavy atom. The second kappa shape index (κ2) is 9.21. The summed E-state index contributed by atoms with van der Waals surface area (Å²) in [5.74, 6) is -0.888. The van der Waals surface area contributed by atoms with Crippen LogP contribution in [-0.4, -0.2) is 68.8 Å². The van der Waals surface area contributed by atoms with Crippen LogP contribution in [0.25, 0.3) is 0 Å². The van der Waals surface area contributed by atoms with Crippen LogP contribution in [0.4, 0.5) is 0 Å². The zero-order valence-electron chi connectivity index (χ0n) is 15.2. The average Bonchev–Trinajstić information content (AvgIpc) is 2.73. The average molecular weight is 406 g/mol. The molecular formula is C20H22O9. The third-order valence-electron chi connectivity index (χ3n) is 4.51. The van der Waals surface area contributed by atoms with E-state index in [4.69, 9.17) is 14.2 Å². The van der Waals surface area contributed by atoms with E-state index in [1.165, 1.54) is 12.1 Å². The normalized spacial score (nSPS) is 27.8. The van der Waals surface area contributed by atoms with E-state index < -0.39 is 49.4 Å². The molecule has 0 amide bonds. The van der Waals surface area contributed by atoms with Crippen molar-refractivity contribution < 1.29 is 44.5 Å². The van der Waals surface area contributed by atoms with Crippen molar-refractivity contribution in [1.82, 2.24) is 0 Å². The fourth-order valence-electron chi connectivity index (χ4n) is 2.98. The number of carboxylic acids is 1. The summed E-state index contributed by atoms with van der Waals surface area (Å²) >= 11 is 0. The lowest BCUT2D eigenvalue weighted by molar-refractivity contribution is -0.277. The fourth-order valence-corrected chi connectivity index (χ4v) is 2.98. The van der Waals surface area contributed by atoms with E-state index in [-0.39, 0.29) is 11.3 Å². The van der Waals surface area contributed by atoms with Crippen molar-refractivity contribution in [3.8, 4) is 11.5 Å². The van der Waals surface area contributed by atoms with Crippen LogP contribution in [0.2, 0.25) is 0 Å². The molecule has 1 saturated heterocycles. The van der Waals surface area contributed by atoms with Gasteiger partial charge in [-0.1, -0.05) is 36.4 Å². The lowest BCUT2D eigenvalue weighted by atomic mass is 9.99. The molecule has 5 N–H and O–H groups in total. The number of carbonyl (C=O) groups is 1. The van der Waals surface area contributed by atoms with Crippen LogP contribution in [0.1, 0.15) is 11.7 Å². The Morgan fingerprint density at radius 2 is 1.62 bits per heavy atom. The molecule has 156 valence electrons.